The van der Waals surface area contributed by atoms with Gasteiger partial charge in [0.2, 0.25) is 0 Å². The van der Waals surface area contributed by atoms with Crippen molar-refractivity contribution < 1.29 is 19.8 Å². The molecule has 0 aromatic carbocycles. The molecule has 0 spiro atoms. The molecule has 1 aromatic heterocycles. The Morgan fingerprint density at radius 3 is 2.76 bits per heavy atom. The third kappa shape index (κ3) is 3.51. The number of carboxylic acid groups (broad SMARTS) is 1. The maximum atomic E-state index is 11.6. The van der Waals surface area contributed by atoms with Gasteiger partial charge < -0.3 is 21.3 Å². The molecule has 0 radical (unpaired) electrons. The third-order valence-electron chi connectivity index (χ3n) is 2.07. The summed E-state index contributed by atoms with van der Waals surface area (Å²) in [7, 11) is 0. The van der Waals surface area contributed by atoms with Crippen molar-refractivity contribution in [3.63, 3.8) is 0 Å². The Kier molecular flexibility index (Phi) is 4.56. The maximum Gasteiger partial charge on any atom is 0.328 e. The minimum atomic E-state index is -1.32. The van der Waals surface area contributed by atoms with E-state index in [0.717, 1.165) is 0 Å². The first-order valence-corrected chi connectivity index (χ1v) is 4.88. The van der Waals surface area contributed by atoms with Gasteiger partial charge in [-0.05, 0) is 12.1 Å². The third-order valence-corrected chi connectivity index (χ3v) is 2.07. The van der Waals surface area contributed by atoms with Crippen LogP contribution >= 0.6 is 0 Å². The van der Waals surface area contributed by atoms with Gasteiger partial charge in [-0.3, -0.25) is 9.78 Å². The van der Waals surface area contributed by atoms with Crippen LogP contribution in [-0.4, -0.2) is 39.7 Å². The van der Waals surface area contributed by atoms with Crippen LogP contribution in [-0.2, 0) is 11.3 Å². The number of aromatic nitrogens is 1. The van der Waals surface area contributed by atoms with Gasteiger partial charge in [-0.15, -0.1) is 0 Å². The molecule has 0 aliphatic carbocycles. The topological polar surface area (TPSA) is 126 Å². The van der Waals surface area contributed by atoms with Crippen molar-refractivity contribution in [2.24, 2.45) is 5.73 Å². The number of aliphatic hydroxyl groups is 1. The van der Waals surface area contributed by atoms with Gasteiger partial charge in [-0.2, -0.15) is 0 Å². The molecule has 0 bridgehead atoms. The van der Waals surface area contributed by atoms with Crippen molar-refractivity contribution in [3.05, 3.63) is 29.6 Å². The molecule has 0 fully saturated rings. The predicted octanol–water partition coefficient (Wildman–Crippen LogP) is -1.28. The van der Waals surface area contributed by atoms with Crippen LogP contribution in [0, 0.1) is 0 Å². The number of nitrogens with zero attached hydrogens (tertiary/aromatic N) is 1. The summed E-state index contributed by atoms with van der Waals surface area (Å²) in [5.41, 5.74) is 6.14. The number of pyridine rings is 1. The fourth-order valence-corrected chi connectivity index (χ4v) is 1.16. The Balaban J connectivity index is 2.78. The molecule has 92 valence electrons. The minimum absolute atomic E-state index is 0.184. The molecule has 0 aliphatic rings. The van der Waals surface area contributed by atoms with Gasteiger partial charge in [-0.1, -0.05) is 0 Å². The lowest BCUT2D eigenvalue weighted by atomic mass is 10.2. The number of amides is 1. The molecule has 17 heavy (non-hydrogen) atoms. The van der Waals surface area contributed by atoms with E-state index in [1.54, 1.807) is 0 Å². The number of aliphatic hydroxyl groups excluding tert-OH is 1. The second kappa shape index (κ2) is 5.92. The zero-order valence-corrected chi connectivity index (χ0v) is 8.96. The van der Waals surface area contributed by atoms with Crippen molar-refractivity contribution in [2.75, 3.05) is 6.61 Å². The van der Waals surface area contributed by atoms with E-state index in [4.69, 9.17) is 15.9 Å². The van der Waals surface area contributed by atoms with Crippen LogP contribution < -0.4 is 11.1 Å². The maximum absolute atomic E-state index is 11.6. The summed E-state index contributed by atoms with van der Waals surface area (Å²) < 4.78 is 0. The summed E-state index contributed by atoms with van der Waals surface area (Å²) in [6.45, 7) is -0.487. The molecule has 1 heterocycles. The van der Waals surface area contributed by atoms with E-state index in [-0.39, 0.29) is 12.1 Å². The Morgan fingerprint density at radius 1 is 1.53 bits per heavy atom. The Bertz CT molecular complexity index is 422. The normalized spacial score (nSPS) is 11.9. The van der Waals surface area contributed by atoms with Gasteiger partial charge in [-0.25, -0.2) is 4.79 Å². The number of carbonyl (C=O) groups is 2. The van der Waals surface area contributed by atoms with E-state index in [2.05, 4.69) is 10.3 Å². The lowest BCUT2D eigenvalue weighted by molar-refractivity contribution is -0.140. The summed E-state index contributed by atoms with van der Waals surface area (Å²) in [6, 6.07) is 1.58. The van der Waals surface area contributed by atoms with Gasteiger partial charge >= 0.3 is 5.97 Å². The van der Waals surface area contributed by atoms with E-state index in [1.165, 1.54) is 18.3 Å². The molecule has 0 saturated carbocycles. The first kappa shape index (κ1) is 13.1. The molecular weight excluding hydrogens is 226 g/mol. The number of rotatable bonds is 5. The molecule has 1 aromatic rings. The van der Waals surface area contributed by atoms with Gasteiger partial charge in [0.15, 0.2) is 6.04 Å². The zero-order chi connectivity index (χ0) is 12.8. The highest BCUT2D eigenvalue weighted by molar-refractivity contribution is 5.96. The van der Waals surface area contributed by atoms with Crippen molar-refractivity contribution in [2.45, 2.75) is 12.6 Å². The fourth-order valence-electron chi connectivity index (χ4n) is 1.16. The number of carbonyl (C=O) groups excluding carboxylic acids is 1. The molecule has 0 unspecified atom stereocenters. The van der Waals surface area contributed by atoms with E-state index < -0.39 is 24.5 Å². The molecule has 1 rings (SSSR count). The van der Waals surface area contributed by atoms with Crippen LogP contribution in [0.3, 0.4) is 0 Å². The Labute approximate surface area is 97.3 Å². The second-order valence-electron chi connectivity index (χ2n) is 3.29. The molecule has 1 atom stereocenters. The van der Waals surface area contributed by atoms with Crippen LogP contribution in [0.15, 0.2) is 18.3 Å². The lowest BCUT2D eigenvalue weighted by Crippen LogP contribution is -2.43. The Morgan fingerprint density at radius 2 is 2.24 bits per heavy atom. The molecular formula is C10H13N3O4. The van der Waals surface area contributed by atoms with Crippen molar-refractivity contribution in [1.29, 1.82) is 0 Å². The molecule has 5 N–H and O–H groups in total. The summed E-state index contributed by atoms with van der Waals surface area (Å²) in [6.07, 6.45) is 1.41. The average molecular weight is 239 g/mol. The number of aliphatic carboxylic acids is 1. The summed E-state index contributed by atoms with van der Waals surface area (Å²) in [4.78, 5) is 26.1. The largest absolute Gasteiger partial charge is 0.480 e. The van der Waals surface area contributed by atoms with Crippen LogP contribution in [0.2, 0.25) is 0 Å². The van der Waals surface area contributed by atoms with E-state index >= 15 is 0 Å². The molecule has 0 aliphatic heterocycles. The van der Waals surface area contributed by atoms with Crippen molar-refractivity contribution in [1.82, 2.24) is 10.3 Å². The van der Waals surface area contributed by atoms with Gasteiger partial charge in [0, 0.05) is 18.3 Å². The first-order valence-electron chi connectivity index (χ1n) is 4.88. The van der Waals surface area contributed by atoms with E-state index in [0.29, 0.717) is 5.69 Å². The molecule has 7 heteroatoms. The predicted molar refractivity (Wildman–Crippen MR) is 58.1 cm³/mol. The molecule has 1 amide bonds. The standard InChI is InChI=1S/C10H13N3O4/c11-4-7-3-6(1-2-12-7)9(15)13-8(5-14)10(16)17/h1-3,8,14H,4-5,11H2,(H,13,15)(H,16,17)/t8-/m0/s1. The van der Waals surface area contributed by atoms with Crippen LogP contribution in [0.5, 0.6) is 0 Å². The summed E-state index contributed by atoms with van der Waals surface area (Å²) in [5.74, 6) is -1.89. The van der Waals surface area contributed by atoms with Gasteiger partial charge in [0.25, 0.3) is 5.91 Å². The Hall–Kier alpha value is -1.99. The van der Waals surface area contributed by atoms with Crippen LogP contribution in [0.1, 0.15) is 16.1 Å². The number of hydrogen-bond donors (Lipinski definition) is 4. The highest BCUT2D eigenvalue weighted by Crippen LogP contribution is 2.01. The van der Waals surface area contributed by atoms with Crippen LogP contribution in [0.4, 0.5) is 0 Å². The smallest absolute Gasteiger partial charge is 0.328 e. The number of nitrogens with one attached hydrogen (secondary N) is 1. The fraction of sp³-hybridized carbons (Fsp3) is 0.300. The lowest BCUT2D eigenvalue weighted by Gasteiger charge is -2.11. The average Bonchev–Trinajstić information content (AvgIpc) is 2.35. The first-order chi connectivity index (χ1) is 8.08. The zero-order valence-electron chi connectivity index (χ0n) is 8.96. The van der Waals surface area contributed by atoms with E-state index in [1.807, 2.05) is 0 Å². The monoisotopic (exact) mass is 239 g/mol. The quantitative estimate of drug-likeness (QED) is 0.507. The number of nitrogens with two attached hydrogens (primary N) is 1. The minimum Gasteiger partial charge on any atom is -0.480 e. The van der Waals surface area contributed by atoms with Gasteiger partial charge in [0.05, 0.1) is 12.3 Å². The highest BCUT2D eigenvalue weighted by atomic mass is 16.4. The second-order valence-corrected chi connectivity index (χ2v) is 3.29. The summed E-state index contributed by atoms with van der Waals surface area (Å²) >= 11 is 0. The van der Waals surface area contributed by atoms with Crippen LogP contribution in [0.25, 0.3) is 0 Å². The number of hydrogen-bond acceptors (Lipinski definition) is 5. The molecule has 7 nitrogen and oxygen atoms in total. The highest BCUT2D eigenvalue weighted by Gasteiger charge is 2.19. The van der Waals surface area contributed by atoms with E-state index in [9.17, 15) is 9.59 Å². The SMILES string of the molecule is NCc1cc(C(=O)N[C@@H](CO)C(=O)O)ccn1. The molecule has 0 saturated heterocycles. The van der Waals surface area contributed by atoms with Gasteiger partial charge in [0.1, 0.15) is 0 Å². The summed E-state index contributed by atoms with van der Waals surface area (Å²) in [5, 5.41) is 19.6. The van der Waals surface area contributed by atoms with Crippen molar-refractivity contribution >= 4 is 11.9 Å². The number of carboxylic acids is 1. The van der Waals surface area contributed by atoms with Crippen molar-refractivity contribution in [3.8, 4) is 0 Å².